The summed E-state index contributed by atoms with van der Waals surface area (Å²) >= 11 is 3.48. The van der Waals surface area contributed by atoms with E-state index >= 15 is 0 Å². The van der Waals surface area contributed by atoms with Gasteiger partial charge >= 0.3 is 0 Å². The van der Waals surface area contributed by atoms with Crippen LogP contribution in [0.3, 0.4) is 0 Å². The minimum atomic E-state index is 0.448. The molecule has 0 nitrogen and oxygen atoms in total. The van der Waals surface area contributed by atoms with E-state index in [2.05, 4.69) is 79.2 Å². The van der Waals surface area contributed by atoms with E-state index in [9.17, 15) is 0 Å². The normalized spacial score (nSPS) is 12.5. The Kier molecular flexibility index (Phi) is 3.68. The lowest BCUT2D eigenvalue weighted by Gasteiger charge is -2.18. The minimum absolute atomic E-state index is 0.448. The van der Waals surface area contributed by atoms with Crippen molar-refractivity contribution in [3.8, 4) is 0 Å². The molecule has 0 bridgehead atoms. The summed E-state index contributed by atoms with van der Waals surface area (Å²) in [7, 11) is 0. The monoisotopic (exact) mass is 288 g/mol. The summed E-state index contributed by atoms with van der Waals surface area (Å²) < 4.78 is 1.13. The topological polar surface area (TPSA) is 0 Å². The SMILES string of the molecule is Cc1cccc(C)c1C(C)c1ccc(Br)cc1. The van der Waals surface area contributed by atoms with E-state index in [1.165, 1.54) is 22.3 Å². The molecule has 0 fully saturated rings. The molecule has 0 aliphatic carbocycles. The van der Waals surface area contributed by atoms with E-state index in [1.807, 2.05) is 0 Å². The van der Waals surface area contributed by atoms with Gasteiger partial charge in [0.25, 0.3) is 0 Å². The van der Waals surface area contributed by atoms with Crippen LogP contribution in [0.25, 0.3) is 0 Å². The van der Waals surface area contributed by atoms with Crippen LogP contribution in [-0.4, -0.2) is 0 Å². The summed E-state index contributed by atoms with van der Waals surface area (Å²) in [6.45, 7) is 6.66. The molecule has 0 saturated heterocycles. The van der Waals surface area contributed by atoms with Crippen LogP contribution in [0.2, 0.25) is 0 Å². The number of hydrogen-bond acceptors (Lipinski definition) is 0. The molecule has 1 atom stereocenters. The van der Waals surface area contributed by atoms with Crippen LogP contribution in [0.1, 0.15) is 35.1 Å². The average molecular weight is 289 g/mol. The second kappa shape index (κ2) is 5.05. The van der Waals surface area contributed by atoms with Gasteiger partial charge in [-0.3, -0.25) is 0 Å². The second-order valence-electron chi connectivity index (χ2n) is 4.58. The van der Waals surface area contributed by atoms with Crippen molar-refractivity contribution >= 4 is 15.9 Å². The zero-order valence-corrected chi connectivity index (χ0v) is 12.1. The molecule has 1 unspecified atom stereocenters. The highest BCUT2D eigenvalue weighted by Gasteiger charge is 2.12. The van der Waals surface area contributed by atoms with Crippen LogP contribution >= 0.6 is 15.9 Å². The van der Waals surface area contributed by atoms with E-state index in [1.54, 1.807) is 0 Å². The summed E-state index contributed by atoms with van der Waals surface area (Å²) in [6, 6.07) is 15.1. The van der Waals surface area contributed by atoms with Gasteiger partial charge in [0.15, 0.2) is 0 Å². The molecule has 0 spiro atoms. The number of halogens is 1. The Labute approximate surface area is 112 Å². The van der Waals surface area contributed by atoms with Gasteiger partial charge < -0.3 is 0 Å². The molecule has 0 N–H and O–H groups in total. The maximum absolute atomic E-state index is 3.48. The van der Waals surface area contributed by atoms with E-state index < -0.39 is 0 Å². The van der Waals surface area contributed by atoms with Crippen LogP contribution < -0.4 is 0 Å². The fraction of sp³-hybridized carbons (Fsp3) is 0.250. The number of benzene rings is 2. The van der Waals surface area contributed by atoms with Crippen LogP contribution in [-0.2, 0) is 0 Å². The van der Waals surface area contributed by atoms with Crippen molar-refractivity contribution in [1.29, 1.82) is 0 Å². The molecule has 0 aromatic heterocycles. The number of rotatable bonds is 2. The summed E-state index contributed by atoms with van der Waals surface area (Å²) in [5.74, 6) is 0.448. The minimum Gasteiger partial charge on any atom is -0.0617 e. The third kappa shape index (κ3) is 2.61. The molecule has 0 amide bonds. The fourth-order valence-electron chi connectivity index (χ4n) is 2.43. The first-order chi connectivity index (χ1) is 8.09. The zero-order valence-electron chi connectivity index (χ0n) is 10.5. The number of hydrogen-bond donors (Lipinski definition) is 0. The highest BCUT2D eigenvalue weighted by Crippen LogP contribution is 2.29. The third-order valence-corrected chi connectivity index (χ3v) is 3.87. The van der Waals surface area contributed by atoms with Gasteiger partial charge in [0.2, 0.25) is 0 Å². The van der Waals surface area contributed by atoms with Crippen LogP contribution in [0.15, 0.2) is 46.9 Å². The first kappa shape index (κ1) is 12.4. The average Bonchev–Trinajstić information content (AvgIpc) is 2.29. The Morgan fingerprint density at radius 2 is 1.41 bits per heavy atom. The first-order valence-electron chi connectivity index (χ1n) is 5.91. The molecule has 2 rings (SSSR count). The Morgan fingerprint density at radius 1 is 0.882 bits per heavy atom. The van der Waals surface area contributed by atoms with E-state index in [4.69, 9.17) is 0 Å². The maximum Gasteiger partial charge on any atom is 0.0175 e. The van der Waals surface area contributed by atoms with E-state index in [0.29, 0.717) is 5.92 Å². The Balaban J connectivity index is 2.43. The van der Waals surface area contributed by atoms with Crippen molar-refractivity contribution in [2.75, 3.05) is 0 Å². The van der Waals surface area contributed by atoms with Crippen LogP contribution in [0.5, 0.6) is 0 Å². The van der Waals surface area contributed by atoms with Gasteiger partial charge in [0, 0.05) is 10.4 Å². The Bertz CT molecular complexity index is 491. The molecular weight excluding hydrogens is 272 g/mol. The summed E-state index contributed by atoms with van der Waals surface area (Å²) in [5, 5.41) is 0. The Hall–Kier alpha value is -1.08. The largest absolute Gasteiger partial charge is 0.0617 e. The molecule has 0 radical (unpaired) electrons. The van der Waals surface area contributed by atoms with E-state index in [0.717, 1.165) is 4.47 Å². The third-order valence-electron chi connectivity index (χ3n) is 3.35. The van der Waals surface area contributed by atoms with Gasteiger partial charge in [-0.2, -0.15) is 0 Å². The molecule has 1 heteroatoms. The summed E-state index contributed by atoms with van der Waals surface area (Å²) in [4.78, 5) is 0. The molecule has 0 aliphatic heterocycles. The molecule has 0 saturated carbocycles. The van der Waals surface area contributed by atoms with Crippen molar-refractivity contribution in [2.24, 2.45) is 0 Å². The molecule has 17 heavy (non-hydrogen) atoms. The van der Waals surface area contributed by atoms with Gasteiger partial charge in [-0.15, -0.1) is 0 Å². The second-order valence-corrected chi connectivity index (χ2v) is 5.49. The van der Waals surface area contributed by atoms with Gasteiger partial charge in [-0.1, -0.05) is 53.2 Å². The molecule has 2 aromatic carbocycles. The zero-order chi connectivity index (χ0) is 12.4. The van der Waals surface area contributed by atoms with Crippen molar-refractivity contribution in [3.05, 3.63) is 69.2 Å². The van der Waals surface area contributed by atoms with E-state index in [-0.39, 0.29) is 0 Å². The highest BCUT2D eigenvalue weighted by atomic mass is 79.9. The van der Waals surface area contributed by atoms with Crippen molar-refractivity contribution in [3.63, 3.8) is 0 Å². The van der Waals surface area contributed by atoms with Gasteiger partial charge in [0.1, 0.15) is 0 Å². The predicted octanol–water partition coefficient (Wildman–Crippen LogP) is 5.22. The molecule has 0 heterocycles. The lowest BCUT2D eigenvalue weighted by Crippen LogP contribution is -2.01. The molecule has 0 aliphatic rings. The van der Waals surface area contributed by atoms with Crippen LogP contribution in [0, 0.1) is 13.8 Å². The molecule has 2 aromatic rings. The fourth-order valence-corrected chi connectivity index (χ4v) is 2.69. The molecular formula is C16H17Br. The summed E-state index contributed by atoms with van der Waals surface area (Å²) in [5.41, 5.74) is 5.57. The summed E-state index contributed by atoms with van der Waals surface area (Å²) in [6.07, 6.45) is 0. The van der Waals surface area contributed by atoms with Crippen molar-refractivity contribution in [2.45, 2.75) is 26.7 Å². The predicted molar refractivity (Wildman–Crippen MR) is 77.6 cm³/mol. The lowest BCUT2D eigenvalue weighted by atomic mass is 9.87. The van der Waals surface area contributed by atoms with Crippen LogP contribution in [0.4, 0.5) is 0 Å². The van der Waals surface area contributed by atoms with Crippen molar-refractivity contribution < 1.29 is 0 Å². The number of aryl methyl sites for hydroxylation is 2. The highest BCUT2D eigenvalue weighted by molar-refractivity contribution is 9.10. The van der Waals surface area contributed by atoms with Gasteiger partial charge in [-0.05, 0) is 48.2 Å². The lowest BCUT2D eigenvalue weighted by molar-refractivity contribution is 0.897. The first-order valence-corrected chi connectivity index (χ1v) is 6.70. The Morgan fingerprint density at radius 3 is 1.94 bits per heavy atom. The van der Waals surface area contributed by atoms with Gasteiger partial charge in [-0.25, -0.2) is 0 Å². The quantitative estimate of drug-likeness (QED) is 0.711. The van der Waals surface area contributed by atoms with Gasteiger partial charge in [0.05, 0.1) is 0 Å². The smallest absolute Gasteiger partial charge is 0.0175 e. The van der Waals surface area contributed by atoms with Crippen molar-refractivity contribution in [1.82, 2.24) is 0 Å². The maximum atomic E-state index is 3.48. The standard InChI is InChI=1S/C16H17Br/c1-11-5-4-6-12(2)16(11)13(3)14-7-9-15(17)10-8-14/h4-10,13H,1-3H3. The molecule has 88 valence electrons.